The number of pyridine rings is 1. The average molecular weight is 350 g/mol. The van der Waals surface area contributed by atoms with Gasteiger partial charge in [-0.1, -0.05) is 17.7 Å². The Morgan fingerprint density at radius 1 is 1.04 bits per heavy atom. The van der Waals surface area contributed by atoms with Crippen molar-refractivity contribution in [2.24, 2.45) is 0 Å². The molecule has 0 atom stereocenters. The molecule has 23 heavy (non-hydrogen) atoms. The highest BCUT2D eigenvalue weighted by molar-refractivity contribution is 7.91. The zero-order valence-electron chi connectivity index (χ0n) is 12.5. The van der Waals surface area contributed by atoms with E-state index in [4.69, 9.17) is 11.6 Å². The molecule has 3 rings (SSSR count). The van der Waals surface area contributed by atoms with Crippen LogP contribution in [0.3, 0.4) is 0 Å². The standard InChI is InChI=1S/C17H13ClFNO2S/c1-10-3-5-13(7-11(10)2)23(21,22)16-9-20-15-8-12(19)4-6-14(15)17(16)18/h3-9H,1-2H3. The van der Waals surface area contributed by atoms with Crippen LogP contribution in [0.5, 0.6) is 0 Å². The van der Waals surface area contributed by atoms with Crippen LogP contribution in [0.15, 0.2) is 52.4 Å². The Kier molecular flexibility index (Phi) is 3.86. The molecule has 0 radical (unpaired) electrons. The first kappa shape index (κ1) is 15.9. The molecule has 0 bridgehead atoms. The van der Waals surface area contributed by atoms with Gasteiger partial charge in [0.05, 0.1) is 15.4 Å². The zero-order valence-corrected chi connectivity index (χ0v) is 14.0. The number of hydrogen-bond donors (Lipinski definition) is 0. The second-order valence-corrected chi connectivity index (χ2v) is 7.64. The van der Waals surface area contributed by atoms with Gasteiger partial charge in [0.15, 0.2) is 0 Å². The lowest BCUT2D eigenvalue weighted by Crippen LogP contribution is -2.05. The Morgan fingerprint density at radius 2 is 1.78 bits per heavy atom. The summed E-state index contributed by atoms with van der Waals surface area (Å²) in [6, 6.07) is 8.77. The van der Waals surface area contributed by atoms with Crippen LogP contribution in [0.1, 0.15) is 11.1 Å². The first-order valence-electron chi connectivity index (χ1n) is 6.87. The van der Waals surface area contributed by atoms with Gasteiger partial charge in [0, 0.05) is 17.6 Å². The summed E-state index contributed by atoms with van der Waals surface area (Å²) in [5.41, 5.74) is 2.19. The third kappa shape index (κ3) is 2.71. The largest absolute Gasteiger partial charge is 0.255 e. The highest BCUT2D eigenvalue weighted by Crippen LogP contribution is 2.33. The lowest BCUT2D eigenvalue weighted by Gasteiger charge is -2.10. The fraction of sp³-hybridized carbons (Fsp3) is 0.118. The van der Waals surface area contributed by atoms with Crippen molar-refractivity contribution in [3.63, 3.8) is 0 Å². The van der Waals surface area contributed by atoms with Gasteiger partial charge in [0.1, 0.15) is 10.7 Å². The number of halogens is 2. The third-order valence-electron chi connectivity index (χ3n) is 3.81. The van der Waals surface area contributed by atoms with Crippen LogP contribution in [0.25, 0.3) is 10.9 Å². The van der Waals surface area contributed by atoms with Crippen LogP contribution >= 0.6 is 11.6 Å². The molecule has 0 aliphatic carbocycles. The smallest absolute Gasteiger partial charge is 0.209 e. The second-order valence-electron chi connectivity index (χ2n) is 5.35. The predicted octanol–water partition coefficient (Wildman–Crippen LogP) is 4.48. The van der Waals surface area contributed by atoms with Crippen molar-refractivity contribution in [3.05, 3.63) is 64.6 Å². The van der Waals surface area contributed by atoms with Crippen LogP contribution in [0.2, 0.25) is 5.02 Å². The number of rotatable bonds is 2. The maximum Gasteiger partial charge on any atom is 0.209 e. The van der Waals surface area contributed by atoms with Crippen molar-refractivity contribution >= 4 is 32.3 Å². The van der Waals surface area contributed by atoms with E-state index in [1.807, 2.05) is 13.8 Å². The summed E-state index contributed by atoms with van der Waals surface area (Å²) in [5, 5.41) is 0.450. The van der Waals surface area contributed by atoms with Gasteiger partial charge in [-0.05, 0) is 49.2 Å². The number of fused-ring (bicyclic) bond motifs is 1. The molecule has 1 aromatic heterocycles. The molecule has 0 saturated carbocycles. The molecule has 2 aromatic carbocycles. The summed E-state index contributed by atoms with van der Waals surface area (Å²) in [6.07, 6.45) is 1.18. The Balaban J connectivity index is 2.24. The topological polar surface area (TPSA) is 47.0 Å². The van der Waals surface area contributed by atoms with E-state index < -0.39 is 15.7 Å². The molecular formula is C17H13ClFNO2S. The summed E-state index contributed by atoms with van der Waals surface area (Å²) in [4.78, 5) is 4.11. The number of benzene rings is 2. The summed E-state index contributed by atoms with van der Waals surface area (Å²) < 4.78 is 38.9. The quantitative estimate of drug-likeness (QED) is 0.685. The van der Waals surface area contributed by atoms with Gasteiger partial charge in [-0.3, -0.25) is 4.98 Å². The Hall–Kier alpha value is -1.98. The molecule has 0 N–H and O–H groups in total. The minimum Gasteiger partial charge on any atom is -0.255 e. The molecule has 1 heterocycles. The van der Waals surface area contributed by atoms with Gasteiger partial charge in [-0.2, -0.15) is 0 Å². The molecule has 3 nitrogen and oxygen atoms in total. The molecule has 0 unspecified atom stereocenters. The molecule has 0 aliphatic rings. The van der Waals surface area contributed by atoms with Gasteiger partial charge in [-0.25, -0.2) is 12.8 Å². The summed E-state index contributed by atoms with van der Waals surface area (Å²) in [7, 11) is -3.80. The van der Waals surface area contributed by atoms with Gasteiger partial charge in [-0.15, -0.1) is 0 Å². The highest BCUT2D eigenvalue weighted by Gasteiger charge is 2.23. The Labute approximate surface area is 138 Å². The first-order valence-corrected chi connectivity index (χ1v) is 8.73. The summed E-state index contributed by atoms with van der Waals surface area (Å²) >= 11 is 6.26. The van der Waals surface area contributed by atoms with E-state index in [2.05, 4.69) is 4.98 Å². The zero-order chi connectivity index (χ0) is 16.8. The maximum absolute atomic E-state index is 13.2. The molecule has 118 valence electrons. The van der Waals surface area contributed by atoms with Crippen LogP contribution in [0.4, 0.5) is 4.39 Å². The van der Waals surface area contributed by atoms with Crippen molar-refractivity contribution in [1.82, 2.24) is 4.98 Å². The Morgan fingerprint density at radius 3 is 2.48 bits per heavy atom. The van der Waals surface area contributed by atoms with Crippen LogP contribution in [0, 0.1) is 19.7 Å². The number of nitrogens with zero attached hydrogens (tertiary/aromatic N) is 1. The van der Waals surface area contributed by atoms with Crippen molar-refractivity contribution in [2.75, 3.05) is 0 Å². The molecule has 0 aliphatic heterocycles. The molecule has 0 spiro atoms. The van der Waals surface area contributed by atoms with E-state index in [1.165, 1.54) is 24.4 Å². The fourth-order valence-electron chi connectivity index (χ4n) is 2.31. The van der Waals surface area contributed by atoms with E-state index in [1.54, 1.807) is 18.2 Å². The summed E-state index contributed by atoms with van der Waals surface area (Å²) in [6.45, 7) is 3.75. The number of hydrogen-bond acceptors (Lipinski definition) is 3. The van der Waals surface area contributed by atoms with E-state index in [9.17, 15) is 12.8 Å². The van der Waals surface area contributed by atoms with Crippen molar-refractivity contribution in [3.8, 4) is 0 Å². The molecule has 0 fully saturated rings. The van der Waals surface area contributed by atoms with Gasteiger partial charge in [0.2, 0.25) is 9.84 Å². The average Bonchev–Trinajstić information content (AvgIpc) is 2.49. The van der Waals surface area contributed by atoms with Gasteiger partial charge >= 0.3 is 0 Å². The van der Waals surface area contributed by atoms with Crippen molar-refractivity contribution in [2.45, 2.75) is 23.6 Å². The third-order valence-corrected chi connectivity index (χ3v) is 6.09. The molecule has 6 heteroatoms. The van der Waals surface area contributed by atoms with E-state index in [0.717, 1.165) is 11.1 Å². The van der Waals surface area contributed by atoms with Gasteiger partial charge < -0.3 is 0 Å². The van der Waals surface area contributed by atoms with Crippen molar-refractivity contribution in [1.29, 1.82) is 0 Å². The lowest BCUT2D eigenvalue weighted by molar-refractivity contribution is 0.596. The normalized spacial score (nSPS) is 11.8. The van der Waals surface area contributed by atoms with E-state index >= 15 is 0 Å². The minimum absolute atomic E-state index is 0.0493. The SMILES string of the molecule is Cc1ccc(S(=O)(=O)c2cnc3cc(F)ccc3c2Cl)cc1C. The fourth-order valence-corrected chi connectivity index (χ4v) is 4.19. The second kappa shape index (κ2) is 5.58. The Bertz CT molecular complexity index is 1030. The number of aromatic nitrogens is 1. The summed E-state index contributed by atoms with van der Waals surface area (Å²) in [5.74, 6) is -0.453. The van der Waals surface area contributed by atoms with E-state index in [0.29, 0.717) is 10.9 Å². The number of aryl methyl sites for hydroxylation is 2. The molecular weight excluding hydrogens is 337 g/mol. The predicted molar refractivity (Wildman–Crippen MR) is 88.1 cm³/mol. The molecule has 3 aromatic rings. The maximum atomic E-state index is 13.2. The monoisotopic (exact) mass is 349 g/mol. The van der Waals surface area contributed by atoms with Crippen molar-refractivity contribution < 1.29 is 12.8 Å². The number of sulfone groups is 1. The highest BCUT2D eigenvalue weighted by atomic mass is 35.5. The van der Waals surface area contributed by atoms with Crippen LogP contribution in [-0.2, 0) is 9.84 Å². The molecule has 0 saturated heterocycles. The minimum atomic E-state index is -3.80. The van der Waals surface area contributed by atoms with Crippen LogP contribution in [-0.4, -0.2) is 13.4 Å². The van der Waals surface area contributed by atoms with Gasteiger partial charge in [0.25, 0.3) is 0 Å². The van der Waals surface area contributed by atoms with Crippen LogP contribution < -0.4 is 0 Å². The molecule has 0 amide bonds. The first-order chi connectivity index (χ1) is 10.8. The lowest BCUT2D eigenvalue weighted by atomic mass is 10.1. The van der Waals surface area contributed by atoms with E-state index in [-0.39, 0.29) is 14.8 Å².